The molecule has 0 radical (unpaired) electrons. The Morgan fingerprint density at radius 2 is 2.29 bits per heavy atom. The molecule has 14 heavy (non-hydrogen) atoms. The van der Waals surface area contributed by atoms with Crippen molar-refractivity contribution in [3.05, 3.63) is 29.6 Å². The van der Waals surface area contributed by atoms with Crippen LogP contribution in [0.1, 0.15) is 18.4 Å². The highest BCUT2D eigenvalue weighted by Gasteiger charge is 1.99. The Labute approximate surface area is 83.9 Å². The summed E-state index contributed by atoms with van der Waals surface area (Å²) >= 11 is 0. The Kier molecular flexibility index (Phi) is 4.00. The number of terminal acetylenes is 1. The van der Waals surface area contributed by atoms with Crippen LogP contribution in [0.25, 0.3) is 0 Å². The van der Waals surface area contributed by atoms with Gasteiger partial charge in [0.15, 0.2) is 0 Å². The number of ether oxygens (including phenoxy) is 1. The molecule has 0 aliphatic heterocycles. The average Bonchev–Trinajstić information content (AvgIpc) is 2.18. The van der Waals surface area contributed by atoms with Gasteiger partial charge in [-0.1, -0.05) is 6.07 Å². The fourth-order valence-corrected chi connectivity index (χ4v) is 1.03. The molecule has 0 amide bonds. The number of aryl methyl sites for hydroxylation is 1. The second kappa shape index (κ2) is 5.29. The largest absolute Gasteiger partial charge is 0.493 e. The van der Waals surface area contributed by atoms with Gasteiger partial charge in [-0.05, 0) is 25.0 Å². The summed E-state index contributed by atoms with van der Waals surface area (Å²) in [7, 11) is 0. The number of unbranched alkanes of at least 4 members (excludes halogenated alkanes) is 1. The SMILES string of the molecule is C#CCCCOc1ccc(C)c(F)c1. The molecule has 1 rings (SSSR count). The second-order valence-corrected chi connectivity index (χ2v) is 3.07. The number of halogens is 1. The molecule has 0 fully saturated rings. The lowest BCUT2D eigenvalue weighted by Crippen LogP contribution is -1.97. The maximum absolute atomic E-state index is 13.0. The first-order valence-corrected chi connectivity index (χ1v) is 4.56. The third-order valence-corrected chi connectivity index (χ3v) is 1.88. The zero-order chi connectivity index (χ0) is 10.4. The van der Waals surface area contributed by atoms with Gasteiger partial charge >= 0.3 is 0 Å². The van der Waals surface area contributed by atoms with Crippen molar-refractivity contribution >= 4 is 0 Å². The second-order valence-electron chi connectivity index (χ2n) is 3.07. The monoisotopic (exact) mass is 192 g/mol. The van der Waals surface area contributed by atoms with Crippen LogP contribution >= 0.6 is 0 Å². The van der Waals surface area contributed by atoms with Crippen molar-refractivity contribution in [2.45, 2.75) is 19.8 Å². The first-order valence-electron chi connectivity index (χ1n) is 4.56. The van der Waals surface area contributed by atoms with Crippen LogP contribution in [0.5, 0.6) is 5.75 Å². The van der Waals surface area contributed by atoms with E-state index >= 15 is 0 Å². The van der Waals surface area contributed by atoms with E-state index in [-0.39, 0.29) is 5.82 Å². The average molecular weight is 192 g/mol. The van der Waals surface area contributed by atoms with Gasteiger partial charge in [-0.2, -0.15) is 0 Å². The minimum atomic E-state index is -0.237. The molecule has 1 nitrogen and oxygen atoms in total. The predicted molar refractivity (Wildman–Crippen MR) is 54.7 cm³/mol. The number of benzene rings is 1. The van der Waals surface area contributed by atoms with E-state index in [4.69, 9.17) is 11.2 Å². The highest BCUT2D eigenvalue weighted by atomic mass is 19.1. The van der Waals surface area contributed by atoms with E-state index in [1.165, 1.54) is 6.07 Å². The molecule has 0 saturated heterocycles. The van der Waals surface area contributed by atoms with Crippen LogP contribution in [-0.4, -0.2) is 6.61 Å². The van der Waals surface area contributed by atoms with E-state index in [1.807, 2.05) is 0 Å². The zero-order valence-corrected chi connectivity index (χ0v) is 8.22. The summed E-state index contributed by atoms with van der Waals surface area (Å²) in [4.78, 5) is 0. The summed E-state index contributed by atoms with van der Waals surface area (Å²) in [6.07, 6.45) is 6.57. The van der Waals surface area contributed by atoms with Gasteiger partial charge in [0, 0.05) is 12.5 Å². The smallest absolute Gasteiger partial charge is 0.129 e. The van der Waals surface area contributed by atoms with Crippen LogP contribution in [0.3, 0.4) is 0 Å². The van der Waals surface area contributed by atoms with Crippen LogP contribution in [0, 0.1) is 25.1 Å². The first-order chi connectivity index (χ1) is 6.74. The molecule has 0 spiro atoms. The molecule has 0 bridgehead atoms. The normalized spacial score (nSPS) is 9.50. The summed E-state index contributed by atoms with van der Waals surface area (Å²) in [5.74, 6) is 2.84. The Morgan fingerprint density at radius 3 is 2.93 bits per heavy atom. The van der Waals surface area contributed by atoms with Crippen molar-refractivity contribution in [3.63, 3.8) is 0 Å². The van der Waals surface area contributed by atoms with Crippen molar-refractivity contribution in [2.75, 3.05) is 6.61 Å². The predicted octanol–water partition coefficient (Wildman–Crippen LogP) is 2.93. The van der Waals surface area contributed by atoms with Gasteiger partial charge in [-0.15, -0.1) is 12.3 Å². The minimum absolute atomic E-state index is 0.237. The molecular weight excluding hydrogens is 179 g/mol. The first kappa shape index (κ1) is 10.6. The molecule has 0 aromatic heterocycles. The van der Waals surface area contributed by atoms with Crippen LogP contribution < -0.4 is 4.74 Å². The van der Waals surface area contributed by atoms with E-state index < -0.39 is 0 Å². The van der Waals surface area contributed by atoms with E-state index in [0.29, 0.717) is 24.3 Å². The summed E-state index contributed by atoms with van der Waals surface area (Å²) < 4.78 is 18.4. The van der Waals surface area contributed by atoms with Crippen LogP contribution in [0.4, 0.5) is 4.39 Å². The van der Waals surface area contributed by atoms with Gasteiger partial charge in [0.25, 0.3) is 0 Å². The molecule has 1 aromatic rings. The fourth-order valence-electron chi connectivity index (χ4n) is 1.03. The van der Waals surface area contributed by atoms with Gasteiger partial charge in [0.05, 0.1) is 6.61 Å². The van der Waals surface area contributed by atoms with Gasteiger partial charge in [0.2, 0.25) is 0 Å². The molecule has 0 heterocycles. The molecule has 0 unspecified atom stereocenters. The standard InChI is InChI=1S/C12H13FO/c1-3-4-5-8-14-11-7-6-10(2)12(13)9-11/h1,6-7,9H,4-5,8H2,2H3. The molecule has 74 valence electrons. The van der Waals surface area contributed by atoms with Crippen molar-refractivity contribution in [1.82, 2.24) is 0 Å². The molecule has 0 atom stereocenters. The lowest BCUT2D eigenvalue weighted by Gasteiger charge is -2.05. The third kappa shape index (κ3) is 3.10. The van der Waals surface area contributed by atoms with Gasteiger partial charge in [-0.3, -0.25) is 0 Å². The lowest BCUT2D eigenvalue weighted by atomic mass is 10.2. The highest BCUT2D eigenvalue weighted by molar-refractivity contribution is 5.27. The van der Waals surface area contributed by atoms with Gasteiger partial charge in [0.1, 0.15) is 11.6 Å². The number of hydrogen-bond donors (Lipinski definition) is 0. The fraction of sp³-hybridized carbons (Fsp3) is 0.333. The van der Waals surface area contributed by atoms with Gasteiger partial charge < -0.3 is 4.74 Å². The van der Waals surface area contributed by atoms with Crippen molar-refractivity contribution in [2.24, 2.45) is 0 Å². The Hall–Kier alpha value is -1.49. The van der Waals surface area contributed by atoms with E-state index in [2.05, 4.69) is 5.92 Å². The number of hydrogen-bond acceptors (Lipinski definition) is 1. The maximum atomic E-state index is 13.0. The minimum Gasteiger partial charge on any atom is -0.493 e. The Morgan fingerprint density at radius 1 is 1.50 bits per heavy atom. The summed E-state index contributed by atoms with van der Waals surface area (Å²) in [6.45, 7) is 2.25. The zero-order valence-electron chi connectivity index (χ0n) is 8.22. The molecule has 2 heteroatoms. The Bertz CT molecular complexity index is 339. The molecule has 0 aliphatic rings. The van der Waals surface area contributed by atoms with Crippen LogP contribution in [-0.2, 0) is 0 Å². The topological polar surface area (TPSA) is 9.23 Å². The molecule has 0 N–H and O–H groups in total. The van der Waals surface area contributed by atoms with E-state index in [1.54, 1.807) is 19.1 Å². The van der Waals surface area contributed by atoms with Crippen molar-refractivity contribution in [1.29, 1.82) is 0 Å². The maximum Gasteiger partial charge on any atom is 0.129 e. The van der Waals surface area contributed by atoms with Crippen LogP contribution in [0.15, 0.2) is 18.2 Å². The summed E-state index contributed by atoms with van der Waals surface area (Å²) in [5, 5.41) is 0. The highest BCUT2D eigenvalue weighted by Crippen LogP contribution is 2.15. The Balaban J connectivity index is 2.44. The molecule has 0 saturated carbocycles. The lowest BCUT2D eigenvalue weighted by molar-refractivity contribution is 0.311. The van der Waals surface area contributed by atoms with Crippen LogP contribution in [0.2, 0.25) is 0 Å². The molecular formula is C12H13FO. The summed E-state index contributed by atoms with van der Waals surface area (Å²) in [6, 6.07) is 4.85. The van der Waals surface area contributed by atoms with E-state index in [9.17, 15) is 4.39 Å². The van der Waals surface area contributed by atoms with Crippen molar-refractivity contribution < 1.29 is 9.13 Å². The molecule has 1 aromatic carbocycles. The quantitative estimate of drug-likeness (QED) is 0.526. The van der Waals surface area contributed by atoms with Crippen molar-refractivity contribution in [3.8, 4) is 18.1 Å². The van der Waals surface area contributed by atoms with Gasteiger partial charge in [-0.25, -0.2) is 4.39 Å². The van der Waals surface area contributed by atoms with E-state index in [0.717, 1.165) is 6.42 Å². The number of rotatable bonds is 4. The molecule has 0 aliphatic carbocycles. The summed E-state index contributed by atoms with van der Waals surface area (Å²) in [5.41, 5.74) is 0.626. The third-order valence-electron chi connectivity index (χ3n) is 1.88.